The number of carbonyl (C=O) groups excluding carboxylic acids is 2. The molecule has 2 amide bonds. The lowest BCUT2D eigenvalue weighted by Crippen LogP contribution is -2.56. The van der Waals surface area contributed by atoms with Crippen molar-refractivity contribution >= 4 is 29.1 Å². The maximum atomic E-state index is 13.2. The predicted molar refractivity (Wildman–Crippen MR) is 114 cm³/mol. The van der Waals surface area contributed by atoms with Crippen LogP contribution in [0.1, 0.15) is 42.2 Å². The molecule has 2 aromatic rings. The lowest BCUT2D eigenvalue weighted by atomic mass is 9.97. The number of alkyl halides is 3. The Balaban J connectivity index is 1.70. The standard InChI is InChI=1S/C22H24F3N5O2/c1-13-10-16-20(28-19(13)17(31)11-14(2)22(23,24)25)30(15-6-5-9-29(16)12-15)21(32)27-18-7-3-4-8-26-18/h3-4,7-8,10,14-15H,5-6,9,11-12H2,1-2H3,(H,26,27,32)/t14-,15-/m0/s1. The van der Waals surface area contributed by atoms with Crippen LogP contribution in [0.15, 0.2) is 30.5 Å². The highest BCUT2D eigenvalue weighted by Crippen LogP contribution is 2.40. The van der Waals surface area contributed by atoms with E-state index < -0.39 is 30.3 Å². The number of rotatable bonds is 4. The Labute approximate surface area is 183 Å². The van der Waals surface area contributed by atoms with E-state index >= 15 is 0 Å². The molecule has 2 bridgehead atoms. The first-order valence-electron chi connectivity index (χ1n) is 10.5. The molecule has 1 N–H and O–H groups in total. The SMILES string of the molecule is Cc1cc2c(nc1C(=O)C[C@H](C)C(F)(F)F)N(C(=O)Nc1ccccn1)[C@H]1CCCN2C1. The zero-order valence-corrected chi connectivity index (χ0v) is 17.8. The van der Waals surface area contributed by atoms with Gasteiger partial charge in [-0.3, -0.25) is 15.0 Å². The van der Waals surface area contributed by atoms with Gasteiger partial charge in [0.25, 0.3) is 0 Å². The van der Waals surface area contributed by atoms with Crippen molar-refractivity contribution in [1.29, 1.82) is 0 Å². The first-order chi connectivity index (χ1) is 15.1. The number of urea groups is 1. The van der Waals surface area contributed by atoms with Crippen LogP contribution in [0, 0.1) is 12.8 Å². The number of halogens is 3. The van der Waals surface area contributed by atoms with Gasteiger partial charge in [-0.2, -0.15) is 13.2 Å². The highest BCUT2D eigenvalue weighted by molar-refractivity contribution is 6.05. The normalized spacial score (nSPS) is 18.7. The van der Waals surface area contributed by atoms with Crippen LogP contribution in [0.5, 0.6) is 0 Å². The Morgan fingerprint density at radius 2 is 2.09 bits per heavy atom. The molecule has 10 heteroatoms. The van der Waals surface area contributed by atoms with Gasteiger partial charge in [0.05, 0.1) is 17.6 Å². The molecule has 2 aliphatic rings. The van der Waals surface area contributed by atoms with Gasteiger partial charge in [0.2, 0.25) is 0 Å². The van der Waals surface area contributed by atoms with Crippen LogP contribution in [0.3, 0.4) is 0 Å². The lowest BCUT2D eigenvalue weighted by Gasteiger charge is -2.46. The van der Waals surface area contributed by atoms with Crippen LogP contribution >= 0.6 is 0 Å². The Morgan fingerprint density at radius 1 is 1.31 bits per heavy atom. The van der Waals surface area contributed by atoms with Gasteiger partial charge in [0, 0.05) is 25.7 Å². The predicted octanol–water partition coefficient (Wildman–Crippen LogP) is 4.58. The van der Waals surface area contributed by atoms with Gasteiger partial charge in [0.15, 0.2) is 11.6 Å². The number of Topliss-reactive ketones (excluding diaryl/α,β-unsaturated/α-hetero) is 1. The van der Waals surface area contributed by atoms with Gasteiger partial charge in [-0.15, -0.1) is 0 Å². The van der Waals surface area contributed by atoms with Crippen molar-refractivity contribution < 1.29 is 22.8 Å². The van der Waals surface area contributed by atoms with Gasteiger partial charge in [-0.1, -0.05) is 13.0 Å². The van der Waals surface area contributed by atoms with Crippen molar-refractivity contribution in [3.05, 3.63) is 41.7 Å². The minimum absolute atomic E-state index is 0.0309. The van der Waals surface area contributed by atoms with Crippen molar-refractivity contribution in [3.63, 3.8) is 0 Å². The first kappa shape index (κ1) is 22.0. The van der Waals surface area contributed by atoms with Crippen LogP contribution in [0.2, 0.25) is 0 Å². The van der Waals surface area contributed by atoms with Crippen LogP contribution in [-0.4, -0.2) is 47.1 Å². The topological polar surface area (TPSA) is 78.4 Å². The number of pyridine rings is 2. The Hall–Kier alpha value is -3.17. The molecule has 32 heavy (non-hydrogen) atoms. The summed E-state index contributed by atoms with van der Waals surface area (Å²) in [5.74, 6) is -1.80. The van der Waals surface area contributed by atoms with Gasteiger partial charge < -0.3 is 4.90 Å². The van der Waals surface area contributed by atoms with E-state index in [2.05, 4.69) is 20.2 Å². The van der Waals surface area contributed by atoms with E-state index in [0.717, 1.165) is 26.3 Å². The third kappa shape index (κ3) is 4.26. The van der Waals surface area contributed by atoms with E-state index in [0.29, 0.717) is 29.4 Å². The number of nitrogens with one attached hydrogen (secondary N) is 1. The van der Waals surface area contributed by atoms with Crippen LogP contribution in [0.25, 0.3) is 0 Å². The number of carbonyl (C=O) groups is 2. The average molecular weight is 447 g/mol. The Kier molecular flexibility index (Phi) is 5.79. The summed E-state index contributed by atoms with van der Waals surface area (Å²) in [4.78, 5) is 38.1. The molecule has 170 valence electrons. The summed E-state index contributed by atoms with van der Waals surface area (Å²) in [5, 5.41) is 2.75. The molecule has 2 atom stereocenters. The molecule has 4 heterocycles. The number of ketones is 1. The van der Waals surface area contributed by atoms with Gasteiger partial charge in [-0.25, -0.2) is 14.8 Å². The number of nitrogens with zero attached hydrogens (tertiary/aromatic N) is 4. The monoisotopic (exact) mass is 447 g/mol. The van der Waals surface area contributed by atoms with Gasteiger partial charge in [0.1, 0.15) is 11.5 Å². The number of fused-ring (bicyclic) bond motifs is 4. The number of amides is 2. The van der Waals surface area contributed by atoms with Crippen molar-refractivity contribution in [2.45, 2.75) is 45.3 Å². The smallest absolute Gasteiger partial charge is 0.366 e. The number of hydrogen-bond acceptors (Lipinski definition) is 5. The summed E-state index contributed by atoms with van der Waals surface area (Å²) < 4.78 is 39.0. The summed E-state index contributed by atoms with van der Waals surface area (Å²) in [5.41, 5.74) is 1.17. The minimum atomic E-state index is -4.46. The van der Waals surface area contributed by atoms with E-state index in [4.69, 9.17) is 0 Å². The summed E-state index contributed by atoms with van der Waals surface area (Å²) in [7, 11) is 0. The first-order valence-corrected chi connectivity index (χ1v) is 10.5. The number of aromatic nitrogens is 2. The van der Waals surface area contributed by atoms with E-state index in [1.807, 2.05) is 0 Å². The quantitative estimate of drug-likeness (QED) is 0.695. The van der Waals surface area contributed by atoms with Gasteiger partial charge in [-0.05, 0) is 43.5 Å². The maximum Gasteiger partial charge on any atom is 0.391 e. The molecule has 7 nitrogen and oxygen atoms in total. The summed E-state index contributed by atoms with van der Waals surface area (Å²) in [6.07, 6.45) is -1.95. The third-order valence-corrected chi connectivity index (χ3v) is 5.94. The zero-order chi connectivity index (χ0) is 23.0. The second-order valence-corrected chi connectivity index (χ2v) is 8.32. The number of anilines is 3. The van der Waals surface area contributed by atoms with E-state index in [-0.39, 0.29) is 11.7 Å². The van der Waals surface area contributed by atoms with Crippen molar-refractivity contribution in [1.82, 2.24) is 9.97 Å². The molecular weight excluding hydrogens is 423 g/mol. The summed E-state index contributed by atoms with van der Waals surface area (Å²) >= 11 is 0. The van der Waals surface area contributed by atoms with Gasteiger partial charge >= 0.3 is 12.2 Å². The van der Waals surface area contributed by atoms with E-state index in [9.17, 15) is 22.8 Å². The molecule has 2 aliphatic heterocycles. The number of hydrogen-bond donors (Lipinski definition) is 1. The largest absolute Gasteiger partial charge is 0.391 e. The molecule has 0 aromatic carbocycles. The molecule has 0 spiro atoms. The average Bonchev–Trinajstić information content (AvgIpc) is 2.74. The number of piperidine rings is 1. The summed E-state index contributed by atoms with van der Waals surface area (Å²) in [6, 6.07) is 6.29. The second kappa shape index (κ2) is 8.40. The van der Waals surface area contributed by atoms with E-state index in [1.54, 1.807) is 37.4 Å². The molecule has 1 fully saturated rings. The molecule has 0 unspecified atom stereocenters. The highest BCUT2D eigenvalue weighted by Gasteiger charge is 2.40. The molecule has 0 saturated carbocycles. The molecule has 2 aromatic heterocycles. The minimum Gasteiger partial charge on any atom is -0.366 e. The number of aryl methyl sites for hydroxylation is 1. The Morgan fingerprint density at radius 3 is 2.78 bits per heavy atom. The molecular formula is C22H24F3N5O2. The van der Waals surface area contributed by atoms with Crippen molar-refractivity contribution in [2.24, 2.45) is 5.92 Å². The van der Waals surface area contributed by atoms with E-state index in [1.165, 1.54) is 4.90 Å². The van der Waals surface area contributed by atoms with Crippen LogP contribution < -0.4 is 15.1 Å². The lowest BCUT2D eigenvalue weighted by molar-refractivity contribution is -0.168. The fourth-order valence-corrected chi connectivity index (χ4v) is 4.20. The highest BCUT2D eigenvalue weighted by atomic mass is 19.4. The second-order valence-electron chi connectivity index (χ2n) is 8.32. The summed E-state index contributed by atoms with van der Waals surface area (Å²) in [6.45, 7) is 4.06. The Bertz CT molecular complexity index is 1030. The fourth-order valence-electron chi connectivity index (χ4n) is 4.20. The van der Waals surface area contributed by atoms with Crippen molar-refractivity contribution in [2.75, 3.05) is 28.2 Å². The molecule has 0 aliphatic carbocycles. The molecule has 1 saturated heterocycles. The van der Waals surface area contributed by atoms with Crippen LogP contribution in [-0.2, 0) is 0 Å². The molecule has 0 radical (unpaired) electrons. The molecule has 4 rings (SSSR count). The fraction of sp³-hybridized carbons (Fsp3) is 0.455. The maximum absolute atomic E-state index is 13.2. The van der Waals surface area contributed by atoms with Crippen LogP contribution in [0.4, 0.5) is 35.3 Å². The third-order valence-electron chi connectivity index (χ3n) is 5.94. The van der Waals surface area contributed by atoms with Crippen molar-refractivity contribution in [3.8, 4) is 0 Å². The zero-order valence-electron chi connectivity index (χ0n) is 17.8.